The molecule has 49 heavy (non-hydrogen) atoms. The number of nitrogens with zero attached hydrogens (tertiary/aromatic N) is 2. The predicted octanol–water partition coefficient (Wildman–Crippen LogP) is 4.01. The molecule has 0 aliphatic rings. The van der Waals surface area contributed by atoms with Gasteiger partial charge in [0.05, 0.1) is 12.1 Å². The van der Waals surface area contributed by atoms with E-state index in [9.17, 15) is 19.2 Å². The monoisotopic (exact) mass is 679 g/mol. The van der Waals surface area contributed by atoms with Crippen LogP contribution in [-0.4, -0.2) is 65.9 Å². The zero-order chi connectivity index (χ0) is 36.2. The van der Waals surface area contributed by atoms with E-state index in [1.807, 2.05) is 76.2 Å². The van der Waals surface area contributed by atoms with Crippen LogP contribution in [0.2, 0.25) is 0 Å². The van der Waals surface area contributed by atoms with E-state index in [2.05, 4.69) is 27.8 Å². The maximum atomic E-state index is 14.3. The van der Waals surface area contributed by atoms with Crippen LogP contribution in [0.25, 0.3) is 0 Å². The van der Waals surface area contributed by atoms with Crippen molar-refractivity contribution < 1.29 is 23.9 Å². The van der Waals surface area contributed by atoms with Crippen molar-refractivity contribution in [3.63, 3.8) is 0 Å². The highest BCUT2D eigenvalue weighted by molar-refractivity contribution is 6.01. The first-order valence-corrected chi connectivity index (χ1v) is 17.3. The lowest BCUT2D eigenvalue weighted by molar-refractivity contribution is -0.151. The highest BCUT2D eigenvalue weighted by Gasteiger charge is 2.39. The van der Waals surface area contributed by atoms with Crippen LogP contribution in [0.3, 0.4) is 0 Å². The van der Waals surface area contributed by atoms with Crippen LogP contribution < -0.4 is 27.8 Å². The zero-order valence-electron chi connectivity index (χ0n) is 29.6. The average molecular weight is 680 g/mol. The second kappa shape index (κ2) is 22.2. The Labute approximate surface area is 291 Å². The molecule has 2 rings (SSSR count). The van der Waals surface area contributed by atoms with E-state index < -0.39 is 36.0 Å². The van der Waals surface area contributed by atoms with Gasteiger partial charge in [-0.15, -0.1) is 0 Å². The fraction of sp³-hybridized carbons (Fsp3) is 0.541. The Morgan fingerprint density at radius 2 is 1.47 bits per heavy atom. The number of alkyl carbamates (subject to hydrolysis) is 1. The number of carbonyl (C=O) groups is 4. The van der Waals surface area contributed by atoms with Gasteiger partial charge in [0.2, 0.25) is 11.8 Å². The number of nitrogens with two attached hydrogens (primary N) is 3. The van der Waals surface area contributed by atoms with Gasteiger partial charge in [0.15, 0.2) is 5.96 Å². The number of imide groups is 1. The summed E-state index contributed by atoms with van der Waals surface area (Å²) >= 11 is 0. The van der Waals surface area contributed by atoms with Crippen molar-refractivity contribution in [1.29, 1.82) is 0 Å². The van der Waals surface area contributed by atoms with Gasteiger partial charge in [0.25, 0.3) is 5.91 Å². The molecule has 3 atom stereocenters. The molecule has 2 aromatic carbocycles. The molecular formula is C37H57N7O5. The second-order valence-corrected chi connectivity index (χ2v) is 13.2. The summed E-state index contributed by atoms with van der Waals surface area (Å²) in [7, 11) is 0. The highest BCUT2D eigenvalue weighted by atomic mass is 16.5. The van der Waals surface area contributed by atoms with Crippen LogP contribution in [0.4, 0.5) is 4.79 Å². The molecule has 12 heteroatoms. The summed E-state index contributed by atoms with van der Waals surface area (Å²) in [4.78, 5) is 59.3. The van der Waals surface area contributed by atoms with Crippen LogP contribution in [0.5, 0.6) is 0 Å². The number of rotatable bonds is 21. The van der Waals surface area contributed by atoms with Crippen molar-refractivity contribution in [1.82, 2.24) is 15.5 Å². The minimum Gasteiger partial charge on any atom is -0.445 e. The van der Waals surface area contributed by atoms with Gasteiger partial charge in [-0.2, -0.15) is 0 Å². The van der Waals surface area contributed by atoms with Gasteiger partial charge >= 0.3 is 6.09 Å². The molecule has 2 aromatic rings. The molecule has 0 saturated heterocycles. The van der Waals surface area contributed by atoms with Crippen molar-refractivity contribution in [3.8, 4) is 0 Å². The first kappa shape index (κ1) is 40.7. The SMILES string of the molecule is CC(C)C[C@H](N)C(=O)N(C(=O)[C@H](CCCN=C(N)N)NC(=O)OCc1ccccc1)[C@H](CNC(=O)CCCCCc1ccccc1)C(C)C. The fourth-order valence-corrected chi connectivity index (χ4v) is 5.43. The summed E-state index contributed by atoms with van der Waals surface area (Å²) in [6.45, 7) is 7.88. The van der Waals surface area contributed by atoms with Crippen molar-refractivity contribution in [3.05, 3.63) is 71.8 Å². The van der Waals surface area contributed by atoms with E-state index in [0.717, 1.165) is 36.1 Å². The van der Waals surface area contributed by atoms with Crippen LogP contribution in [0.1, 0.15) is 83.8 Å². The number of unbranched alkanes of at least 4 members (excludes halogenated alkanes) is 2. The number of nitrogens with one attached hydrogen (secondary N) is 2. The molecule has 0 aromatic heterocycles. The molecule has 270 valence electrons. The van der Waals surface area contributed by atoms with E-state index in [4.69, 9.17) is 21.9 Å². The molecule has 0 radical (unpaired) electrons. The number of hydrogen-bond donors (Lipinski definition) is 5. The quantitative estimate of drug-likeness (QED) is 0.0741. The molecule has 0 aliphatic heterocycles. The standard InChI is InChI=1S/C37H57N7O5/c1-26(2)23-30(38)34(46)44(32(27(3)4)24-42-33(45)21-13-7-10-17-28-15-8-5-9-16-28)35(47)31(20-14-22-41-36(39)40)43-37(48)49-25-29-18-11-6-12-19-29/h5-6,8-9,11-12,15-16,18-19,26-27,30-32H,7,10,13-14,17,20-25,38H2,1-4H3,(H,42,45)(H,43,48)(H4,39,40,41)/t30-,31-,32+/m0/s1. The van der Waals surface area contributed by atoms with Crippen molar-refractivity contribution >= 4 is 29.8 Å². The third-order valence-corrected chi connectivity index (χ3v) is 8.09. The topological polar surface area (TPSA) is 195 Å². The lowest BCUT2D eigenvalue weighted by atomic mass is 9.97. The number of ether oxygens (including phenoxy) is 1. The third-order valence-electron chi connectivity index (χ3n) is 8.09. The Balaban J connectivity index is 2.20. The largest absolute Gasteiger partial charge is 0.445 e. The normalized spacial score (nSPS) is 12.9. The summed E-state index contributed by atoms with van der Waals surface area (Å²) in [5.74, 6) is -1.61. The molecule has 4 amide bonds. The van der Waals surface area contributed by atoms with Crippen LogP contribution in [0, 0.1) is 11.8 Å². The second-order valence-electron chi connectivity index (χ2n) is 13.2. The van der Waals surface area contributed by atoms with Gasteiger partial charge in [-0.05, 0) is 61.5 Å². The average Bonchev–Trinajstić information content (AvgIpc) is 3.06. The van der Waals surface area contributed by atoms with E-state index in [-0.39, 0.29) is 49.8 Å². The number of hydrogen-bond acceptors (Lipinski definition) is 7. The lowest BCUT2D eigenvalue weighted by Crippen LogP contribution is -2.61. The maximum Gasteiger partial charge on any atom is 0.408 e. The molecule has 0 bridgehead atoms. The maximum absolute atomic E-state index is 14.3. The van der Waals surface area contributed by atoms with Gasteiger partial charge in [0.1, 0.15) is 12.6 Å². The third kappa shape index (κ3) is 16.0. The Bertz CT molecular complexity index is 1320. The Kier molecular flexibility index (Phi) is 18.5. The number of aryl methyl sites for hydroxylation is 1. The van der Waals surface area contributed by atoms with E-state index >= 15 is 0 Å². The van der Waals surface area contributed by atoms with Crippen molar-refractivity contribution in [2.45, 2.75) is 104 Å². The van der Waals surface area contributed by atoms with Crippen LogP contribution in [0.15, 0.2) is 65.7 Å². The van der Waals surface area contributed by atoms with Gasteiger partial charge in [-0.25, -0.2) is 4.79 Å². The molecule has 0 spiro atoms. The van der Waals surface area contributed by atoms with Gasteiger partial charge < -0.3 is 32.6 Å². The van der Waals surface area contributed by atoms with E-state index in [1.54, 1.807) is 0 Å². The summed E-state index contributed by atoms with van der Waals surface area (Å²) < 4.78 is 5.41. The fourth-order valence-electron chi connectivity index (χ4n) is 5.43. The number of aliphatic imine (C=N–C) groups is 1. The van der Waals surface area contributed by atoms with Crippen molar-refractivity contribution in [2.24, 2.45) is 34.0 Å². The van der Waals surface area contributed by atoms with Gasteiger partial charge in [-0.3, -0.25) is 24.3 Å². The van der Waals surface area contributed by atoms with Crippen LogP contribution >= 0.6 is 0 Å². The van der Waals surface area contributed by atoms with Gasteiger partial charge in [-0.1, -0.05) is 94.8 Å². The minimum absolute atomic E-state index is 0.00357. The number of benzene rings is 2. The first-order chi connectivity index (χ1) is 23.4. The number of guanidine groups is 1. The molecule has 8 N–H and O–H groups in total. The molecule has 0 saturated carbocycles. The molecule has 0 aliphatic carbocycles. The van der Waals surface area contributed by atoms with Crippen molar-refractivity contribution in [2.75, 3.05) is 13.1 Å². The Morgan fingerprint density at radius 1 is 0.837 bits per heavy atom. The Hall–Kier alpha value is -4.45. The molecular weight excluding hydrogens is 622 g/mol. The summed E-state index contributed by atoms with van der Waals surface area (Å²) in [6.07, 6.45) is 3.87. The molecule has 0 unspecified atom stereocenters. The summed E-state index contributed by atoms with van der Waals surface area (Å²) in [6, 6.07) is 16.5. The minimum atomic E-state index is -1.14. The summed E-state index contributed by atoms with van der Waals surface area (Å²) in [5, 5.41) is 5.60. The summed E-state index contributed by atoms with van der Waals surface area (Å²) in [5.41, 5.74) is 19.4. The highest BCUT2D eigenvalue weighted by Crippen LogP contribution is 2.18. The Morgan fingerprint density at radius 3 is 2.06 bits per heavy atom. The first-order valence-electron chi connectivity index (χ1n) is 17.3. The molecule has 12 nitrogen and oxygen atoms in total. The predicted molar refractivity (Wildman–Crippen MR) is 193 cm³/mol. The van der Waals surface area contributed by atoms with E-state index in [1.165, 1.54) is 5.56 Å². The van der Waals surface area contributed by atoms with E-state index in [0.29, 0.717) is 19.3 Å². The van der Waals surface area contributed by atoms with Crippen LogP contribution in [-0.2, 0) is 32.1 Å². The van der Waals surface area contributed by atoms with Gasteiger partial charge in [0, 0.05) is 19.5 Å². The molecule has 0 fully saturated rings. The zero-order valence-corrected chi connectivity index (χ0v) is 29.6. The number of carbonyl (C=O) groups excluding carboxylic acids is 4. The smallest absolute Gasteiger partial charge is 0.408 e. The lowest BCUT2D eigenvalue weighted by Gasteiger charge is -2.37. The molecule has 0 heterocycles. The number of amides is 4.